The molecule has 1 amide bonds. The van der Waals surface area contributed by atoms with Crippen LogP contribution in [-0.4, -0.2) is 42.7 Å². The van der Waals surface area contributed by atoms with Gasteiger partial charge in [0.25, 0.3) is 11.5 Å². The number of carbonyl (C=O) groups excluding carboxylic acids is 1. The van der Waals surface area contributed by atoms with E-state index in [2.05, 4.69) is 29.9 Å². The summed E-state index contributed by atoms with van der Waals surface area (Å²) in [6, 6.07) is 0. The highest BCUT2D eigenvalue weighted by molar-refractivity contribution is 6.04. The quantitative estimate of drug-likeness (QED) is 0.653. The molecule has 0 aliphatic heterocycles. The van der Waals surface area contributed by atoms with Gasteiger partial charge in [0.2, 0.25) is 11.7 Å². The molecule has 11 heteroatoms. The number of aromatic hydroxyl groups is 1. The van der Waals surface area contributed by atoms with Gasteiger partial charge in [-0.15, -0.1) is 0 Å². The SMILES string of the molecule is CN(Cc1cncnc1)c1nc(C(=O)Nc2cnoc2)c(O)c(=O)n1C. The van der Waals surface area contributed by atoms with Gasteiger partial charge in [-0.25, -0.2) is 15.0 Å². The molecule has 3 rings (SSSR count). The van der Waals surface area contributed by atoms with Crippen LogP contribution in [0.15, 0.2) is 40.5 Å². The average Bonchev–Trinajstić information content (AvgIpc) is 3.13. The Labute approximate surface area is 146 Å². The van der Waals surface area contributed by atoms with Crippen LogP contribution in [-0.2, 0) is 13.6 Å². The second-order valence-electron chi connectivity index (χ2n) is 5.44. The Morgan fingerprint density at radius 2 is 2.08 bits per heavy atom. The first-order valence-electron chi connectivity index (χ1n) is 7.43. The Balaban J connectivity index is 1.94. The van der Waals surface area contributed by atoms with Crippen LogP contribution >= 0.6 is 0 Å². The van der Waals surface area contributed by atoms with E-state index in [1.807, 2.05) is 0 Å². The molecule has 0 saturated heterocycles. The normalized spacial score (nSPS) is 10.5. The molecule has 0 spiro atoms. The third-order valence-corrected chi connectivity index (χ3v) is 3.52. The Bertz CT molecular complexity index is 970. The van der Waals surface area contributed by atoms with Crippen molar-refractivity contribution in [1.29, 1.82) is 0 Å². The summed E-state index contributed by atoms with van der Waals surface area (Å²) >= 11 is 0. The van der Waals surface area contributed by atoms with E-state index in [1.54, 1.807) is 24.3 Å². The van der Waals surface area contributed by atoms with Crippen LogP contribution in [0.1, 0.15) is 16.1 Å². The number of nitrogens with zero attached hydrogens (tertiary/aromatic N) is 6. The molecular formula is C15H15N7O4. The summed E-state index contributed by atoms with van der Waals surface area (Å²) < 4.78 is 5.77. The number of carbonyl (C=O) groups is 1. The van der Waals surface area contributed by atoms with E-state index in [4.69, 9.17) is 0 Å². The van der Waals surface area contributed by atoms with Crippen molar-refractivity contribution in [3.63, 3.8) is 0 Å². The summed E-state index contributed by atoms with van der Waals surface area (Å²) in [6.07, 6.45) is 7.14. The van der Waals surface area contributed by atoms with Gasteiger partial charge in [0, 0.05) is 38.6 Å². The van der Waals surface area contributed by atoms with Crippen LogP contribution in [0, 0.1) is 0 Å². The molecule has 0 atom stereocenters. The molecule has 2 N–H and O–H groups in total. The number of anilines is 2. The molecule has 0 bridgehead atoms. The fraction of sp³-hybridized carbons (Fsp3) is 0.200. The molecule has 0 saturated carbocycles. The number of rotatable bonds is 5. The summed E-state index contributed by atoms with van der Waals surface area (Å²) in [5.41, 5.74) is -0.0943. The van der Waals surface area contributed by atoms with Crippen molar-refractivity contribution in [3.8, 4) is 5.75 Å². The van der Waals surface area contributed by atoms with Gasteiger partial charge < -0.3 is 19.8 Å². The van der Waals surface area contributed by atoms with Crippen molar-refractivity contribution < 1.29 is 14.4 Å². The number of hydrogen-bond acceptors (Lipinski definition) is 9. The van der Waals surface area contributed by atoms with E-state index in [9.17, 15) is 14.7 Å². The van der Waals surface area contributed by atoms with E-state index in [-0.39, 0.29) is 11.6 Å². The summed E-state index contributed by atoms with van der Waals surface area (Å²) in [4.78, 5) is 38.3. The maximum absolute atomic E-state index is 12.3. The summed E-state index contributed by atoms with van der Waals surface area (Å²) in [5.74, 6) is -1.32. The third kappa shape index (κ3) is 3.36. The first-order valence-corrected chi connectivity index (χ1v) is 7.43. The molecule has 26 heavy (non-hydrogen) atoms. The second kappa shape index (κ2) is 7.01. The van der Waals surface area contributed by atoms with Gasteiger partial charge >= 0.3 is 0 Å². The van der Waals surface area contributed by atoms with Gasteiger partial charge in [-0.2, -0.15) is 0 Å². The summed E-state index contributed by atoms with van der Waals surface area (Å²) in [6.45, 7) is 0.346. The van der Waals surface area contributed by atoms with E-state index >= 15 is 0 Å². The molecule has 3 heterocycles. The molecule has 3 aromatic heterocycles. The lowest BCUT2D eigenvalue weighted by Gasteiger charge is -2.21. The molecule has 134 valence electrons. The molecule has 0 aliphatic rings. The van der Waals surface area contributed by atoms with Gasteiger partial charge in [-0.05, 0) is 0 Å². The van der Waals surface area contributed by atoms with E-state index in [1.165, 1.54) is 25.8 Å². The van der Waals surface area contributed by atoms with Crippen molar-refractivity contribution in [2.45, 2.75) is 6.54 Å². The monoisotopic (exact) mass is 357 g/mol. The lowest BCUT2D eigenvalue weighted by molar-refractivity contribution is 0.101. The smallest absolute Gasteiger partial charge is 0.297 e. The van der Waals surface area contributed by atoms with Crippen molar-refractivity contribution in [1.82, 2.24) is 24.7 Å². The number of hydrogen-bond donors (Lipinski definition) is 2. The zero-order valence-electron chi connectivity index (χ0n) is 13.9. The molecule has 0 unspecified atom stereocenters. The van der Waals surface area contributed by atoms with Gasteiger partial charge in [-0.3, -0.25) is 14.2 Å². The Hall–Kier alpha value is -3.76. The molecule has 0 aliphatic carbocycles. The topological polar surface area (TPSA) is 139 Å². The lowest BCUT2D eigenvalue weighted by Crippen LogP contribution is -2.31. The fourth-order valence-electron chi connectivity index (χ4n) is 2.29. The predicted molar refractivity (Wildman–Crippen MR) is 89.7 cm³/mol. The van der Waals surface area contributed by atoms with Crippen LogP contribution < -0.4 is 15.8 Å². The maximum Gasteiger partial charge on any atom is 0.297 e. The Kier molecular flexibility index (Phi) is 4.60. The van der Waals surface area contributed by atoms with Crippen molar-refractivity contribution in [2.75, 3.05) is 17.3 Å². The highest BCUT2D eigenvalue weighted by Crippen LogP contribution is 2.17. The minimum Gasteiger partial charge on any atom is -0.501 e. The van der Waals surface area contributed by atoms with Gasteiger partial charge in [-0.1, -0.05) is 5.16 Å². The van der Waals surface area contributed by atoms with Crippen molar-refractivity contribution in [3.05, 3.63) is 52.8 Å². The molecular weight excluding hydrogens is 342 g/mol. The first kappa shape index (κ1) is 17.1. The zero-order chi connectivity index (χ0) is 18.7. The Morgan fingerprint density at radius 1 is 1.35 bits per heavy atom. The fourth-order valence-corrected chi connectivity index (χ4v) is 2.29. The molecule has 0 aromatic carbocycles. The van der Waals surface area contributed by atoms with Crippen LogP contribution in [0.4, 0.5) is 11.6 Å². The number of nitrogens with one attached hydrogen (secondary N) is 1. The second-order valence-corrected chi connectivity index (χ2v) is 5.44. The summed E-state index contributed by atoms with van der Waals surface area (Å²) in [7, 11) is 3.14. The lowest BCUT2D eigenvalue weighted by atomic mass is 10.3. The van der Waals surface area contributed by atoms with Gasteiger partial charge in [0.15, 0.2) is 5.69 Å². The number of amides is 1. The maximum atomic E-state index is 12.3. The van der Waals surface area contributed by atoms with Crippen LogP contribution in [0.3, 0.4) is 0 Å². The van der Waals surface area contributed by atoms with Crippen LogP contribution in [0.5, 0.6) is 5.75 Å². The highest BCUT2D eigenvalue weighted by Gasteiger charge is 2.22. The van der Waals surface area contributed by atoms with E-state index in [0.717, 1.165) is 10.1 Å². The minimum atomic E-state index is -0.763. The number of aromatic nitrogens is 5. The van der Waals surface area contributed by atoms with Crippen LogP contribution in [0.2, 0.25) is 0 Å². The molecule has 0 fully saturated rings. The largest absolute Gasteiger partial charge is 0.501 e. The molecule has 3 aromatic rings. The standard InChI is InChI=1S/C15H15N7O4/c1-21(6-9-3-16-8-17-4-9)15-20-11(12(23)14(25)22(15)2)13(24)19-10-5-18-26-7-10/h3-5,7-8,23H,6H2,1-2H3,(H,19,24). The Morgan fingerprint density at radius 3 is 2.73 bits per heavy atom. The summed E-state index contributed by atoms with van der Waals surface area (Å²) in [5, 5.41) is 15.9. The minimum absolute atomic E-state index is 0.187. The highest BCUT2D eigenvalue weighted by atomic mass is 16.5. The van der Waals surface area contributed by atoms with Gasteiger partial charge in [0.05, 0.1) is 6.20 Å². The van der Waals surface area contributed by atoms with Crippen molar-refractivity contribution in [2.24, 2.45) is 7.05 Å². The third-order valence-electron chi connectivity index (χ3n) is 3.52. The first-order chi connectivity index (χ1) is 12.5. The van der Waals surface area contributed by atoms with Crippen LogP contribution in [0.25, 0.3) is 0 Å². The zero-order valence-corrected chi connectivity index (χ0v) is 13.9. The van der Waals surface area contributed by atoms with Crippen molar-refractivity contribution >= 4 is 17.5 Å². The average molecular weight is 357 g/mol. The van der Waals surface area contributed by atoms with Gasteiger partial charge in [0.1, 0.15) is 18.3 Å². The predicted octanol–water partition coefficient (Wildman–Crippen LogP) is 0.153. The molecule has 0 radical (unpaired) electrons. The van der Waals surface area contributed by atoms with E-state index < -0.39 is 22.9 Å². The molecule has 11 nitrogen and oxygen atoms in total. The van der Waals surface area contributed by atoms with E-state index in [0.29, 0.717) is 6.54 Å².